The van der Waals surface area contributed by atoms with Crippen molar-refractivity contribution in [2.45, 2.75) is 6.92 Å². The van der Waals surface area contributed by atoms with Crippen LogP contribution in [0.15, 0.2) is 12.0 Å². The molecule has 0 unspecified atom stereocenters. The van der Waals surface area contributed by atoms with Crippen molar-refractivity contribution in [3.63, 3.8) is 0 Å². The molecular formula is C5H11NO. The van der Waals surface area contributed by atoms with Gasteiger partial charge in [0.15, 0.2) is 5.88 Å². The Balaban J connectivity index is 3.56. The summed E-state index contributed by atoms with van der Waals surface area (Å²) in [7, 11) is 3.57. The zero-order valence-corrected chi connectivity index (χ0v) is 4.97. The van der Waals surface area contributed by atoms with E-state index in [4.69, 9.17) is 5.11 Å². The molecule has 2 heteroatoms. The molecule has 0 saturated carbocycles. The summed E-state index contributed by atoms with van der Waals surface area (Å²) in [5.74, 6) is 0.306. The standard InChI is InChI=1S/C5H11NO/c1-4-5(7)6(2)3/h4,7H,1-3H3. The van der Waals surface area contributed by atoms with E-state index in [0.29, 0.717) is 5.88 Å². The second kappa shape index (κ2) is 2.50. The molecule has 0 fully saturated rings. The SMILES string of the molecule is CC=C(O)N(C)C. The van der Waals surface area contributed by atoms with Crippen molar-refractivity contribution in [3.05, 3.63) is 12.0 Å². The number of hydrogen-bond acceptors (Lipinski definition) is 2. The van der Waals surface area contributed by atoms with Gasteiger partial charge in [-0.3, -0.25) is 0 Å². The zero-order valence-electron chi connectivity index (χ0n) is 4.97. The maximum Gasteiger partial charge on any atom is 0.181 e. The van der Waals surface area contributed by atoms with Gasteiger partial charge in [0.1, 0.15) is 0 Å². The molecule has 42 valence electrons. The lowest BCUT2D eigenvalue weighted by Gasteiger charge is -2.08. The van der Waals surface area contributed by atoms with Gasteiger partial charge in [0.2, 0.25) is 0 Å². The summed E-state index contributed by atoms with van der Waals surface area (Å²) in [6.07, 6.45) is 1.64. The third-order valence-electron chi connectivity index (χ3n) is 0.716. The van der Waals surface area contributed by atoms with Crippen LogP contribution in [0.4, 0.5) is 0 Å². The van der Waals surface area contributed by atoms with E-state index in [1.165, 1.54) is 0 Å². The van der Waals surface area contributed by atoms with Crippen LogP contribution in [0.25, 0.3) is 0 Å². The van der Waals surface area contributed by atoms with Gasteiger partial charge >= 0.3 is 0 Å². The van der Waals surface area contributed by atoms with E-state index in [0.717, 1.165) is 0 Å². The Morgan fingerprint density at radius 2 is 2.00 bits per heavy atom. The molecule has 0 amide bonds. The van der Waals surface area contributed by atoms with Crippen LogP contribution in [0.2, 0.25) is 0 Å². The molecule has 0 radical (unpaired) electrons. The molecule has 0 atom stereocenters. The van der Waals surface area contributed by atoms with Crippen LogP contribution in [0.3, 0.4) is 0 Å². The van der Waals surface area contributed by atoms with Crippen LogP contribution in [-0.4, -0.2) is 24.1 Å². The first-order chi connectivity index (χ1) is 3.18. The fourth-order valence-electron chi connectivity index (χ4n) is 0.258. The molecule has 0 spiro atoms. The molecule has 0 aromatic carbocycles. The number of rotatable bonds is 1. The Labute approximate surface area is 44.1 Å². The number of aliphatic hydroxyl groups excluding tert-OH is 1. The highest BCUT2D eigenvalue weighted by atomic mass is 16.3. The van der Waals surface area contributed by atoms with Gasteiger partial charge in [-0.15, -0.1) is 0 Å². The first-order valence-corrected chi connectivity index (χ1v) is 2.21. The fraction of sp³-hybridized carbons (Fsp3) is 0.600. The van der Waals surface area contributed by atoms with Gasteiger partial charge in [0, 0.05) is 14.1 Å². The summed E-state index contributed by atoms with van der Waals surface area (Å²) in [4.78, 5) is 1.64. The highest BCUT2D eigenvalue weighted by Crippen LogP contribution is 1.88. The fourth-order valence-corrected chi connectivity index (χ4v) is 0.258. The topological polar surface area (TPSA) is 23.5 Å². The molecule has 0 aliphatic heterocycles. The molecule has 7 heavy (non-hydrogen) atoms. The summed E-state index contributed by atoms with van der Waals surface area (Å²) in [5, 5.41) is 8.72. The van der Waals surface area contributed by atoms with E-state index in [1.54, 1.807) is 32.0 Å². The maximum atomic E-state index is 8.72. The summed E-state index contributed by atoms with van der Waals surface area (Å²) in [6, 6.07) is 0. The Hall–Kier alpha value is -0.660. The van der Waals surface area contributed by atoms with Crippen LogP contribution >= 0.6 is 0 Å². The largest absolute Gasteiger partial charge is 0.495 e. The van der Waals surface area contributed by atoms with Crippen molar-refractivity contribution in [3.8, 4) is 0 Å². The number of allylic oxidation sites excluding steroid dienone is 1. The Morgan fingerprint density at radius 1 is 1.57 bits per heavy atom. The first-order valence-electron chi connectivity index (χ1n) is 2.21. The number of nitrogens with zero attached hydrogens (tertiary/aromatic N) is 1. The second-order valence-corrected chi connectivity index (χ2v) is 1.54. The van der Waals surface area contributed by atoms with E-state index in [9.17, 15) is 0 Å². The van der Waals surface area contributed by atoms with Crippen LogP contribution in [-0.2, 0) is 0 Å². The molecular weight excluding hydrogens is 90.1 g/mol. The average molecular weight is 101 g/mol. The van der Waals surface area contributed by atoms with Gasteiger partial charge in [0.25, 0.3) is 0 Å². The monoisotopic (exact) mass is 101 g/mol. The van der Waals surface area contributed by atoms with Gasteiger partial charge in [-0.05, 0) is 13.0 Å². The van der Waals surface area contributed by atoms with Crippen LogP contribution in [0, 0.1) is 0 Å². The van der Waals surface area contributed by atoms with Crippen molar-refractivity contribution < 1.29 is 5.11 Å². The number of hydrogen-bond donors (Lipinski definition) is 1. The molecule has 1 N–H and O–H groups in total. The number of aliphatic hydroxyl groups is 1. The highest BCUT2D eigenvalue weighted by molar-refractivity contribution is 4.83. The van der Waals surface area contributed by atoms with Crippen LogP contribution in [0.1, 0.15) is 6.92 Å². The molecule has 0 rings (SSSR count). The van der Waals surface area contributed by atoms with E-state index in [-0.39, 0.29) is 0 Å². The van der Waals surface area contributed by atoms with Crippen molar-refractivity contribution >= 4 is 0 Å². The van der Waals surface area contributed by atoms with Gasteiger partial charge in [0.05, 0.1) is 0 Å². The lowest BCUT2D eigenvalue weighted by molar-refractivity contribution is 0.263. The summed E-state index contributed by atoms with van der Waals surface area (Å²) < 4.78 is 0. The van der Waals surface area contributed by atoms with E-state index in [1.807, 2.05) is 0 Å². The summed E-state index contributed by atoms with van der Waals surface area (Å²) >= 11 is 0. The van der Waals surface area contributed by atoms with Gasteiger partial charge in [-0.2, -0.15) is 0 Å². The normalized spacial score (nSPS) is 11.6. The maximum absolute atomic E-state index is 8.72. The zero-order chi connectivity index (χ0) is 5.86. The minimum absolute atomic E-state index is 0.306. The Bertz CT molecular complexity index is 76.1. The minimum atomic E-state index is 0.306. The van der Waals surface area contributed by atoms with Crippen molar-refractivity contribution in [2.75, 3.05) is 14.1 Å². The van der Waals surface area contributed by atoms with E-state index >= 15 is 0 Å². The van der Waals surface area contributed by atoms with Gasteiger partial charge in [-0.1, -0.05) is 0 Å². The van der Waals surface area contributed by atoms with Gasteiger partial charge in [-0.25, -0.2) is 0 Å². The van der Waals surface area contributed by atoms with E-state index < -0.39 is 0 Å². The molecule has 0 aromatic rings. The highest BCUT2D eigenvalue weighted by Gasteiger charge is 1.86. The van der Waals surface area contributed by atoms with Crippen molar-refractivity contribution in [1.82, 2.24) is 4.90 Å². The predicted octanol–water partition coefficient (Wildman–Crippen LogP) is 0.967. The first kappa shape index (κ1) is 6.34. The molecule has 0 heterocycles. The predicted molar refractivity (Wildman–Crippen MR) is 30.1 cm³/mol. The smallest absolute Gasteiger partial charge is 0.181 e. The Kier molecular flexibility index (Phi) is 2.27. The molecule has 2 nitrogen and oxygen atoms in total. The molecule has 0 aliphatic carbocycles. The van der Waals surface area contributed by atoms with Crippen LogP contribution < -0.4 is 0 Å². The second-order valence-electron chi connectivity index (χ2n) is 1.54. The van der Waals surface area contributed by atoms with Crippen LogP contribution in [0.5, 0.6) is 0 Å². The van der Waals surface area contributed by atoms with Gasteiger partial charge < -0.3 is 10.0 Å². The summed E-state index contributed by atoms with van der Waals surface area (Å²) in [6.45, 7) is 1.79. The third-order valence-corrected chi connectivity index (χ3v) is 0.716. The Morgan fingerprint density at radius 3 is 2.00 bits per heavy atom. The molecule has 0 aromatic heterocycles. The van der Waals surface area contributed by atoms with Crippen molar-refractivity contribution in [2.24, 2.45) is 0 Å². The third kappa shape index (κ3) is 2.09. The lowest BCUT2D eigenvalue weighted by atomic mass is 10.6. The molecule has 0 aliphatic rings. The summed E-state index contributed by atoms with van der Waals surface area (Å²) in [5.41, 5.74) is 0. The molecule has 0 saturated heterocycles. The minimum Gasteiger partial charge on any atom is -0.495 e. The van der Waals surface area contributed by atoms with E-state index in [2.05, 4.69) is 0 Å². The van der Waals surface area contributed by atoms with Crippen molar-refractivity contribution in [1.29, 1.82) is 0 Å². The molecule has 0 bridgehead atoms. The lowest BCUT2D eigenvalue weighted by Crippen LogP contribution is -2.09. The average Bonchev–Trinajstić information content (AvgIpc) is 1.65. The quantitative estimate of drug-likeness (QED) is 0.497.